The van der Waals surface area contributed by atoms with Crippen LogP contribution in [-0.2, 0) is 26.2 Å². The second kappa shape index (κ2) is 14.7. The van der Waals surface area contributed by atoms with E-state index in [0.29, 0.717) is 12.2 Å². The molecule has 2 amide bonds. The van der Waals surface area contributed by atoms with Gasteiger partial charge in [0.05, 0.1) is 24.8 Å². The fraction of sp³-hybridized carbons (Fsp3) is 0.375. The Morgan fingerprint density at radius 3 is 2.14 bits per heavy atom. The Labute approximate surface area is 249 Å². The molecular weight excluding hydrogens is 554 g/mol. The second-order valence-corrected chi connectivity index (χ2v) is 12.0. The lowest BCUT2D eigenvalue weighted by Gasteiger charge is -2.34. The van der Waals surface area contributed by atoms with Gasteiger partial charge < -0.3 is 19.7 Å². The van der Waals surface area contributed by atoms with Crippen molar-refractivity contribution in [3.05, 3.63) is 83.9 Å². The van der Waals surface area contributed by atoms with Gasteiger partial charge in [0.15, 0.2) is 0 Å². The van der Waals surface area contributed by atoms with E-state index in [4.69, 9.17) is 9.47 Å². The van der Waals surface area contributed by atoms with Crippen molar-refractivity contribution in [3.63, 3.8) is 0 Å². The monoisotopic (exact) mass is 595 g/mol. The maximum absolute atomic E-state index is 14.3. The quantitative estimate of drug-likeness (QED) is 0.283. The molecule has 0 fully saturated rings. The summed E-state index contributed by atoms with van der Waals surface area (Å²) in [6.07, 6.45) is 1.07. The standard InChI is InChI=1S/C32H41N3O6S/c1-7-24(4)33-32(37)28(8-2)34(21-25-16-14-23(3)15-17-25)31(36)22-35(42(38,39)27-12-10-9-11-13-27)29-20-26(40-5)18-19-30(29)41-6/h9-20,24,28H,7-8,21-22H2,1-6H3,(H,33,37)/t24-,28-/m0/s1. The molecule has 42 heavy (non-hydrogen) atoms. The van der Waals surface area contributed by atoms with Crippen molar-refractivity contribution in [1.82, 2.24) is 10.2 Å². The number of aryl methyl sites for hydroxylation is 1. The van der Waals surface area contributed by atoms with E-state index in [-0.39, 0.29) is 34.8 Å². The topological polar surface area (TPSA) is 105 Å². The zero-order chi connectivity index (χ0) is 30.9. The first-order valence-corrected chi connectivity index (χ1v) is 15.4. The van der Waals surface area contributed by atoms with Crippen molar-refractivity contribution >= 4 is 27.5 Å². The number of nitrogens with zero attached hydrogens (tertiary/aromatic N) is 2. The zero-order valence-corrected chi connectivity index (χ0v) is 26.0. The van der Waals surface area contributed by atoms with Gasteiger partial charge in [0.1, 0.15) is 24.1 Å². The van der Waals surface area contributed by atoms with Crippen LogP contribution in [0.4, 0.5) is 5.69 Å². The summed E-state index contributed by atoms with van der Waals surface area (Å²) in [6.45, 7) is 7.23. The highest BCUT2D eigenvalue weighted by Gasteiger charge is 2.35. The Bertz CT molecular complexity index is 1440. The number of nitrogens with one attached hydrogen (secondary N) is 1. The third-order valence-corrected chi connectivity index (χ3v) is 8.90. The molecule has 0 aromatic heterocycles. The third kappa shape index (κ3) is 7.82. The molecule has 10 heteroatoms. The summed E-state index contributed by atoms with van der Waals surface area (Å²) in [7, 11) is -1.35. The molecular formula is C32H41N3O6S. The molecule has 1 N–H and O–H groups in total. The summed E-state index contributed by atoms with van der Waals surface area (Å²) in [5.41, 5.74) is 2.02. The first-order chi connectivity index (χ1) is 20.0. The Balaban J connectivity index is 2.13. The lowest BCUT2D eigenvalue weighted by Crippen LogP contribution is -2.53. The van der Waals surface area contributed by atoms with Gasteiger partial charge in [-0.3, -0.25) is 13.9 Å². The van der Waals surface area contributed by atoms with Crippen LogP contribution in [0.25, 0.3) is 0 Å². The molecule has 0 radical (unpaired) electrons. The minimum Gasteiger partial charge on any atom is -0.497 e. The average molecular weight is 596 g/mol. The highest BCUT2D eigenvalue weighted by molar-refractivity contribution is 7.92. The highest BCUT2D eigenvalue weighted by atomic mass is 32.2. The number of benzene rings is 3. The number of ether oxygens (including phenoxy) is 2. The van der Waals surface area contributed by atoms with Crippen LogP contribution >= 0.6 is 0 Å². The predicted octanol–water partition coefficient (Wildman–Crippen LogP) is 4.93. The Morgan fingerprint density at radius 2 is 1.57 bits per heavy atom. The van der Waals surface area contributed by atoms with Crippen LogP contribution in [-0.4, -0.2) is 58.0 Å². The van der Waals surface area contributed by atoms with Crippen LogP contribution in [0.1, 0.15) is 44.7 Å². The first kappa shape index (κ1) is 32.5. The molecule has 9 nitrogen and oxygen atoms in total. The smallest absolute Gasteiger partial charge is 0.264 e. The number of sulfonamides is 1. The molecule has 0 spiro atoms. The van der Waals surface area contributed by atoms with Crippen LogP contribution in [0.15, 0.2) is 77.7 Å². The summed E-state index contributed by atoms with van der Waals surface area (Å²) in [5, 5.41) is 2.98. The van der Waals surface area contributed by atoms with Gasteiger partial charge in [-0.05, 0) is 56.5 Å². The molecule has 0 unspecified atom stereocenters. The number of hydrogen-bond acceptors (Lipinski definition) is 6. The lowest BCUT2D eigenvalue weighted by atomic mass is 10.1. The Morgan fingerprint density at radius 1 is 0.905 bits per heavy atom. The molecule has 2 atom stereocenters. The van der Waals surface area contributed by atoms with Gasteiger partial charge in [-0.25, -0.2) is 8.42 Å². The number of methoxy groups -OCH3 is 2. The van der Waals surface area contributed by atoms with Crippen molar-refractivity contribution in [1.29, 1.82) is 0 Å². The van der Waals surface area contributed by atoms with Crippen LogP contribution in [0.2, 0.25) is 0 Å². The number of carbonyl (C=O) groups is 2. The van der Waals surface area contributed by atoms with Gasteiger partial charge >= 0.3 is 0 Å². The normalized spacial score (nSPS) is 12.6. The minimum absolute atomic E-state index is 0.00862. The molecule has 0 bridgehead atoms. The van der Waals surface area contributed by atoms with Gasteiger partial charge in [-0.15, -0.1) is 0 Å². The largest absolute Gasteiger partial charge is 0.497 e. The SMILES string of the molecule is CC[C@H](C)NC(=O)[C@H](CC)N(Cc1ccc(C)cc1)C(=O)CN(c1cc(OC)ccc1OC)S(=O)(=O)c1ccccc1. The van der Waals surface area contributed by atoms with Gasteiger partial charge in [-0.1, -0.05) is 61.9 Å². The molecule has 0 saturated carbocycles. The van der Waals surface area contributed by atoms with Crippen LogP contribution in [0, 0.1) is 6.92 Å². The number of hydrogen-bond donors (Lipinski definition) is 1. The predicted molar refractivity (Wildman–Crippen MR) is 164 cm³/mol. The van der Waals surface area contributed by atoms with Crippen LogP contribution in [0.3, 0.4) is 0 Å². The van der Waals surface area contributed by atoms with E-state index in [0.717, 1.165) is 21.9 Å². The van der Waals surface area contributed by atoms with Gasteiger partial charge in [0, 0.05) is 18.7 Å². The van der Waals surface area contributed by atoms with Crippen LogP contribution in [0.5, 0.6) is 11.5 Å². The van der Waals surface area contributed by atoms with E-state index in [1.165, 1.54) is 37.3 Å². The lowest BCUT2D eigenvalue weighted by molar-refractivity contribution is -0.140. The number of anilines is 1. The Kier molecular flexibility index (Phi) is 11.4. The first-order valence-electron chi connectivity index (χ1n) is 14.0. The minimum atomic E-state index is -4.24. The summed E-state index contributed by atoms with van der Waals surface area (Å²) in [5.74, 6) is -0.188. The van der Waals surface area contributed by atoms with Crippen molar-refractivity contribution in [2.45, 2.75) is 64.1 Å². The van der Waals surface area contributed by atoms with E-state index in [1.807, 2.05) is 52.0 Å². The molecule has 0 heterocycles. The van der Waals surface area contributed by atoms with Gasteiger partial charge in [0.25, 0.3) is 10.0 Å². The molecule has 226 valence electrons. The van der Waals surface area contributed by atoms with Crippen molar-refractivity contribution in [3.8, 4) is 11.5 Å². The fourth-order valence-electron chi connectivity index (χ4n) is 4.48. The van der Waals surface area contributed by atoms with Crippen molar-refractivity contribution < 1.29 is 27.5 Å². The Hall–Kier alpha value is -4.05. The zero-order valence-electron chi connectivity index (χ0n) is 25.2. The number of amides is 2. The van der Waals surface area contributed by atoms with E-state index in [9.17, 15) is 18.0 Å². The molecule has 3 aromatic carbocycles. The second-order valence-electron chi connectivity index (χ2n) is 10.1. The average Bonchev–Trinajstić information content (AvgIpc) is 3.00. The van der Waals surface area contributed by atoms with E-state index >= 15 is 0 Å². The van der Waals surface area contributed by atoms with E-state index < -0.39 is 28.5 Å². The molecule has 0 saturated heterocycles. The summed E-state index contributed by atoms with van der Waals surface area (Å²) >= 11 is 0. The van der Waals surface area contributed by atoms with E-state index in [2.05, 4.69) is 5.32 Å². The summed E-state index contributed by atoms with van der Waals surface area (Å²) < 4.78 is 40.1. The maximum atomic E-state index is 14.3. The van der Waals surface area contributed by atoms with Crippen LogP contribution < -0.4 is 19.1 Å². The van der Waals surface area contributed by atoms with Gasteiger partial charge in [-0.2, -0.15) is 0 Å². The summed E-state index contributed by atoms with van der Waals surface area (Å²) in [4.78, 5) is 29.1. The third-order valence-electron chi connectivity index (χ3n) is 7.13. The molecule has 3 aromatic rings. The van der Waals surface area contributed by atoms with Gasteiger partial charge in [0.2, 0.25) is 11.8 Å². The molecule has 0 aliphatic heterocycles. The number of carbonyl (C=O) groups excluding carboxylic acids is 2. The van der Waals surface area contributed by atoms with E-state index in [1.54, 1.807) is 30.3 Å². The van der Waals surface area contributed by atoms with Crippen molar-refractivity contribution in [2.75, 3.05) is 25.1 Å². The summed E-state index contributed by atoms with van der Waals surface area (Å²) in [6, 6.07) is 19.4. The highest BCUT2D eigenvalue weighted by Crippen LogP contribution is 2.36. The number of rotatable bonds is 14. The fourth-order valence-corrected chi connectivity index (χ4v) is 5.91. The molecule has 3 rings (SSSR count). The molecule has 0 aliphatic rings. The maximum Gasteiger partial charge on any atom is 0.264 e. The molecule has 0 aliphatic carbocycles. The van der Waals surface area contributed by atoms with Crippen molar-refractivity contribution in [2.24, 2.45) is 0 Å².